The summed E-state index contributed by atoms with van der Waals surface area (Å²) in [6.45, 7) is 7.23. The van der Waals surface area contributed by atoms with Crippen LogP contribution in [-0.4, -0.2) is 40.1 Å². The van der Waals surface area contributed by atoms with Gasteiger partial charge in [0.15, 0.2) is 0 Å². The molecule has 0 bridgehead atoms. The fourth-order valence-electron chi connectivity index (χ4n) is 5.16. The van der Waals surface area contributed by atoms with E-state index in [0.717, 1.165) is 29.2 Å². The highest BCUT2D eigenvalue weighted by Crippen LogP contribution is 2.40. The minimum atomic E-state index is -0.404. The van der Waals surface area contributed by atoms with Crippen molar-refractivity contribution >= 4 is 50.8 Å². The Balaban J connectivity index is 1.51. The number of hydrogen-bond acceptors (Lipinski definition) is 4. The lowest BCUT2D eigenvalue weighted by atomic mass is 9.82. The molecule has 0 spiro atoms. The van der Waals surface area contributed by atoms with E-state index in [4.69, 9.17) is 5.10 Å². The molecule has 0 saturated heterocycles. The quantitative estimate of drug-likeness (QED) is 0.164. The second-order valence-electron chi connectivity index (χ2n) is 9.26. The number of nitro benzene ring substituents is 1. The van der Waals surface area contributed by atoms with Crippen LogP contribution in [0.25, 0.3) is 21.8 Å². The van der Waals surface area contributed by atoms with Crippen molar-refractivity contribution in [1.82, 2.24) is 4.57 Å². The maximum Gasteiger partial charge on any atom is 0.270 e. The van der Waals surface area contributed by atoms with Gasteiger partial charge >= 0.3 is 0 Å². The van der Waals surface area contributed by atoms with E-state index >= 15 is 0 Å². The zero-order valence-electron chi connectivity index (χ0n) is 20.1. The Kier molecular flexibility index (Phi) is 5.01. The molecule has 3 aromatic carbocycles. The first-order chi connectivity index (χ1) is 16.2. The molecular formula is C27H28N5O2+. The fraction of sp³-hybridized carbons (Fsp3) is 0.259. The van der Waals surface area contributed by atoms with Gasteiger partial charge in [-0.2, -0.15) is 9.68 Å². The number of para-hydroxylation sites is 1. The van der Waals surface area contributed by atoms with Crippen molar-refractivity contribution in [3.8, 4) is 0 Å². The van der Waals surface area contributed by atoms with E-state index in [-0.39, 0.29) is 10.6 Å². The van der Waals surface area contributed by atoms with Crippen LogP contribution < -0.4 is 5.01 Å². The first-order valence-corrected chi connectivity index (χ1v) is 11.4. The summed E-state index contributed by atoms with van der Waals surface area (Å²) in [5, 5.41) is 20.4. The van der Waals surface area contributed by atoms with E-state index in [0.29, 0.717) is 0 Å². The number of hydrogen-bond donors (Lipinski definition) is 0. The first kappa shape index (κ1) is 21.8. The number of aromatic nitrogens is 1. The number of nitrogens with zero attached hydrogens (tertiary/aromatic N) is 5. The SMILES string of the molecule is CCn1c2ccccc2c2cc(N(C)N=CC3=[N+](C)c4ccc([N+](=O)[O-])cc4C3(C)C)ccc21. The molecule has 7 nitrogen and oxygen atoms in total. The Morgan fingerprint density at radius 3 is 2.56 bits per heavy atom. The van der Waals surface area contributed by atoms with Crippen LogP contribution in [0.2, 0.25) is 0 Å². The van der Waals surface area contributed by atoms with E-state index in [1.54, 1.807) is 12.1 Å². The van der Waals surface area contributed by atoms with Crippen molar-refractivity contribution in [2.24, 2.45) is 5.10 Å². The van der Waals surface area contributed by atoms with Gasteiger partial charge in [-0.05, 0) is 45.0 Å². The number of nitro groups is 1. The summed E-state index contributed by atoms with van der Waals surface area (Å²) in [5.74, 6) is 0. The number of benzene rings is 3. The molecule has 0 amide bonds. The van der Waals surface area contributed by atoms with E-state index in [2.05, 4.69) is 72.4 Å². The molecule has 0 N–H and O–H groups in total. The van der Waals surface area contributed by atoms with E-state index < -0.39 is 5.41 Å². The molecule has 4 aromatic rings. The van der Waals surface area contributed by atoms with E-state index in [1.807, 2.05) is 31.4 Å². The molecule has 0 radical (unpaired) electrons. The Labute approximate surface area is 198 Å². The van der Waals surface area contributed by atoms with Gasteiger partial charge in [0.25, 0.3) is 5.69 Å². The molecule has 1 aliphatic heterocycles. The highest BCUT2D eigenvalue weighted by Gasteiger charge is 2.44. The Hall–Kier alpha value is -4.00. The Bertz CT molecular complexity index is 1530. The van der Waals surface area contributed by atoms with E-state index in [9.17, 15) is 10.1 Å². The number of non-ortho nitro benzene ring substituents is 1. The molecule has 1 aliphatic rings. The van der Waals surface area contributed by atoms with Crippen LogP contribution in [0.3, 0.4) is 0 Å². The zero-order chi connectivity index (χ0) is 24.2. The summed E-state index contributed by atoms with van der Waals surface area (Å²) in [6.07, 6.45) is 1.87. The average Bonchev–Trinajstić information content (AvgIpc) is 3.25. The molecule has 2 heterocycles. The molecular weight excluding hydrogens is 426 g/mol. The number of hydrazone groups is 1. The van der Waals surface area contributed by atoms with Gasteiger partial charge in [-0.25, -0.2) is 0 Å². The molecule has 0 unspecified atom stereocenters. The summed E-state index contributed by atoms with van der Waals surface area (Å²) < 4.78 is 4.40. The second kappa shape index (κ2) is 7.80. The minimum Gasteiger partial charge on any atom is -0.341 e. The van der Waals surface area contributed by atoms with Gasteiger partial charge in [0, 0.05) is 59.2 Å². The summed E-state index contributed by atoms with van der Waals surface area (Å²) in [4.78, 5) is 10.9. The van der Waals surface area contributed by atoms with Crippen molar-refractivity contribution < 1.29 is 9.50 Å². The molecule has 5 rings (SSSR count). The molecule has 0 saturated carbocycles. The number of aryl methyl sites for hydroxylation is 1. The lowest BCUT2D eigenvalue weighted by molar-refractivity contribution is -0.401. The highest BCUT2D eigenvalue weighted by molar-refractivity contribution is 6.33. The summed E-state index contributed by atoms with van der Waals surface area (Å²) in [5.41, 5.74) is 6.03. The van der Waals surface area contributed by atoms with Crippen LogP contribution >= 0.6 is 0 Å². The van der Waals surface area contributed by atoms with Crippen molar-refractivity contribution in [3.05, 3.63) is 76.3 Å². The molecule has 172 valence electrons. The third-order valence-electron chi connectivity index (χ3n) is 7.03. The molecule has 0 atom stereocenters. The van der Waals surface area contributed by atoms with Gasteiger partial charge in [-0.15, -0.1) is 0 Å². The monoisotopic (exact) mass is 454 g/mol. The molecule has 34 heavy (non-hydrogen) atoms. The predicted molar refractivity (Wildman–Crippen MR) is 139 cm³/mol. The summed E-state index contributed by atoms with van der Waals surface area (Å²) in [6, 6.07) is 20.0. The maximum atomic E-state index is 11.3. The van der Waals surface area contributed by atoms with Gasteiger partial charge < -0.3 is 4.57 Å². The molecule has 7 heteroatoms. The standard InChI is InChI=1S/C27H28N5O2/c1-6-31-23-10-8-7-9-20(23)21-15-18(11-13-24(21)31)30(5)28-17-26-27(2,3)22-16-19(32(33)34)12-14-25(22)29(26)4/h7-17H,6H2,1-5H3/q+1. The Morgan fingerprint density at radius 2 is 1.82 bits per heavy atom. The van der Waals surface area contributed by atoms with E-state index in [1.165, 1.54) is 21.8 Å². The minimum absolute atomic E-state index is 0.107. The largest absolute Gasteiger partial charge is 0.341 e. The zero-order valence-corrected chi connectivity index (χ0v) is 20.1. The second-order valence-corrected chi connectivity index (χ2v) is 9.26. The lowest BCUT2D eigenvalue weighted by Crippen LogP contribution is -2.30. The topological polar surface area (TPSA) is 66.7 Å². The maximum absolute atomic E-state index is 11.3. The molecule has 1 aromatic heterocycles. The van der Waals surface area contributed by atoms with Crippen LogP contribution in [-0.2, 0) is 12.0 Å². The van der Waals surface area contributed by atoms with Gasteiger partial charge in [-0.1, -0.05) is 18.2 Å². The lowest BCUT2D eigenvalue weighted by Gasteiger charge is -2.17. The predicted octanol–water partition coefficient (Wildman–Crippen LogP) is 5.85. The van der Waals surface area contributed by atoms with Crippen molar-refractivity contribution in [3.63, 3.8) is 0 Å². The Morgan fingerprint density at radius 1 is 1.09 bits per heavy atom. The molecule has 0 aliphatic carbocycles. The normalized spacial score (nSPS) is 15.0. The average molecular weight is 455 g/mol. The smallest absolute Gasteiger partial charge is 0.270 e. The third-order valence-corrected chi connectivity index (χ3v) is 7.03. The summed E-state index contributed by atoms with van der Waals surface area (Å²) >= 11 is 0. The van der Waals surface area contributed by atoms with Crippen LogP contribution in [0.15, 0.2) is 65.8 Å². The van der Waals surface area contributed by atoms with Gasteiger partial charge in [0.2, 0.25) is 11.4 Å². The van der Waals surface area contributed by atoms with Crippen LogP contribution in [0.1, 0.15) is 26.3 Å². The van der Waals surface area contributed by atoms with Crippen LogP contribution in [0, 0.1) is 10.1 Å². The van der Waals surface area contributed by atoms with Gasteiger partial charge in [0.1, 0.15) is 13.3 Å². The summed E-state index contributed by atoms with van der Waals surface area (Å²) in [7, 11) is 3.92. The fourth-order valence-corrected chi connectivity index (χ4v) is 5.16. The van der Waals surface area contributed by atoms with Gasteiger partial charge in [0.05, 0.1) is 16.0 Å². The highest BCUT2D eigenvalue weighted by atomic mass is 16.6. The molecule has 0 fully saturated rings. The van der Waals surface area contributed by atoms with Crippen LogP contribution in [0.4, 0.5) is 17.1 Å². The van der Waals surface area contributed by atoms with Crippen LogP contribution in [0.5, 0.6) is 0 Å². The first-order valence-electron chi connectivity index (χ1n) is 11.4. The number of anilines is 1. The van der Waals surface area contributed by atoms with Crippen molar-refractivity contribution in [1.29, 1.82) is 0 Å². The third kappa shape index (κ3) is 3.19. The van der Waals surface area contributed by atoms with Crippen molar-refractivity contribution in [2.75, 3.05) is 19.1 Å². The number of rotatable bonds is 5. The van der Waals surface area contributed by atoms with Crippen molar-refractivity contribution in [2.45, 2.75) is 32.7 Å². The number of fused-ring (bicyclic) bond motifs is 4. The van der Waals surface area contributed by atoms with Gasteiger partial charge in [-0.3, -0.25) is 15.1 Å².